The molecule has 2 amide bonds. The molecule has 0 spiro atoms. The number of nitrogens with zero attached hydrogens (tertiary/aromatic N) is 1. The summed E-state index contributed by atoms with van der Waals surface area (Å²) in [5.74, 6) is 0.430. The maximum atomic E-state index is 12.5. The molecule has 1 saturated heterocycles. The largest absolute Gasteiger partial charge is 0.492 e. The van der Waals surface area contributed by atoms with E-state index in [-0.39, 0.29) is 17.7 Å². The summed E-state index contributed by atoms with van der Waals surface area (Å²) in [6.07, 6.45) is 4.85. The van der Waals surface area contributed by atoms with Crippen LogP contribution in [0.5, 0.6) is 5.75 Å². The lowest BCUT2D eigenvalue weighted by atomic mass is 10.1. The van der Waals surface area contributed by atoms with Crippen molar-refractivity contribution >= 4 is 17.5 Å². The van der Waals surface area contributed by atoms with E-state index < -0.39 is 0 Å². The van der Waals surface area contributed by atoms with Crippen LogP contribution in [0.15, 0.2) is 24.3 Å². The van der Waals surface area contributed by atoms with Crippen LogP contribution in [-0.2, 0) is 9.59 Å². The molecule has 124 valence electrons. The molecular formula is C18H24N2O3. The van der Waals surface area contributed by atoms with Crippen LogP contribution in [-0.4, -0.2) is 35.9 Å². The Morgan fingerprint density at radius 2 is 2.04 bits per heavy atom. The quantitative estimate of drug-likeness (QED) is 0.909. The number of nitrogens with one attached hydrogen (secondary N) is 1. The second-order valence-electron chi connectivity index (χ2n) is 6.30. The normalized spacial score (nSPS) is 21.7. The molecule has 1 N–H and O–H groups in total. The van der Waals surface area contributed by atoms with Crippen LogP contribution in [0.25, 0.3) is 0 Å². The first-order valence-corrected chi connectivity index (χ1v) is 8.51. The Labute approximate surface area is 137 Å². The van der Waals surface area contributed by atoms with Crippen LogP contribution < -0.4 is 10.1 Å². The molecule has 1 aliphatic heterocycles. The van der Waals surface area contributed by atoms with Crippen molar-refractivity contribution < 1.29 is 14.3 Å². The first kappa shape index (κ1) is 15.8. The Kier molecular flexibility index (Phi) is 4.84. The van der Waals surface area contributed by atoms with E-state index in [2.05, 4.69) is 5.32 Å². The van der Waals surface area contributed by atoms with Gasteiger partial charge in [-0.3, -0.25) is 9.59 Å². The Morgan fingerprint density at radius 3 is 2.78 bits per heavy atom. The summed E-state index contributed by atoms with van der Waals surface area (Å²) in [4.78, 5) is 26.7. The summed E-state index contributed by atoms with van der Waals surface area (Å²) in [5.41, 5.74) is 0.672. The molecule has 2 aliphatic rings. The van der Waals surface area contributed by atoms with Gasteiger partial charge in [0.25, 0.3) is 0 Å². The number of hydrogen-bond acceptors (Lipinski definition) is 3. The highest BCUT2D eigenvalue weighted by atomic mass is 16.5. The smallest absolute Gasteiger partial charge is 0.229 e. The van der Waals surface area contributed by atoms with E-state index in [1.165, 1.54) is 12.8 Å². The highest BCUT2D eigenvalue weighted by molar-refractivity contribution is 5.98. The summed E-state index contributed by atoms with van der Waals surface area (Å²) in [7, 11) is 0. The number of para-hydroxylation sites is 2. The molecule has 0 bridgehead atoms. The Bertz CT molecular complexity index is 581. The first-order valence-electron chi connectivity index (χ1n) is 8.51. The zero-order chi connectivity index (χ0) is 16.2. The van der Waals surface area contributed by atoms with Crippen molar-refractivity contribution in [1.29, 1.82) is 0 Å². The number of ether oxygens (including phenoxy) is 1. The second-order valence-corrected chi connectivity index (χ2v) is 6.30. The van der Waals surface area contributed by atoms with Gasteiger partial charge in [-0.1, -0.05) is 25.0 Å². The highest BCUT2D eigenvalue weighted by Crippen LogP contribution is 2.31. The van der Waals surface area contributed by atoms with Gasteiger partial charge in [-0.2, -0.15) is 0 Å². The van der Waals surface area contributed by atoms with Gasteiger partial charge in [0.2, 0.25) is 11.8 Å². The molecule has 3 rings (SSSR count). The number of benzene rings is 1. The fourth-order valence-corrected chi connectivity index (χ4v) is 3.56. The maximum Gasteiger partial charge on any atom is 0.229 e. The van der Waals surface area contributed by atoms with E-state index in [0.717, 1.165) is 12.8 Å². The monoisotopic (exact) mass is 316 g/mol. The van der Waals surface area contributed by atoms with E-state index in [1.807, 2.05) is 36.1 Å². The number of anilines is 1. The van der Waals surface area contributed by atoms with Crippen LogP contribution >= 0.6 is 0 Å². The molecule has 1 saturated carbocycles. The lowest BCUT2D eigenvalue weighted by Crippen LogP contribution is -2.35. The molecule has 1 aliphatic carbocycles. The van der Waals surface area contributed by atoms with Crippen molar-refractivity contribution in [2.45, 2.75) is 45.1 Å². The molecule has 1 atom stereocenters. The van der Waals surface area contributed by atoms with Gasteiger partial charge in [0.15, 0.2) is 0 Å². The highest BCUT2D eigenvalue weighted by Gasteiger charge is 2.38. The van der Waals surface area contributed by atoms with Crippen LogP contribution in [0, 0.1) is 5.92 Å². The number of hydrogen-bond donors (Lipinski definition) is 1. The van der Waals surface area contributed by atoms with Crippen molar-refractivity contribution in [1.82, 2.24) is 4.90 Å². The molecule has 1 aromatic rings. The summed E-state index contributed by atoms with van der Waals surface area (Å²) in [6.45, 7) is 3.00. The average Bonchev–Trinajstić information content (AvgIpc) is 3.18. The van der Waals surface area contributed by atoms with E-state index in [4.69, 9.17) is 4.74 Å². The fourth-order valence-electron chi connectivity index (χ4n) is 3.56. The van der Waals surface area contributed by atoms with Crippen molar-refractivity contribution in [3.8, 4) is 5.75 Å². The van der Waals surface area contributed by atoms with E-state index >= 15 is 0 Å². The Balaban J connectivity index is 1.64. The molecular weight excluding hydrogens is 292 g/mol. The lowest BCUT2D eigenvalue weighted by Gasteiger charge is -2.24. The van der Waals surface area contributed by atoms with Gasteiger partial charge in [-0.15, -0.1) is 0 Å². The second kappa shape index (κ2) is 7.02. The topological polar surface area (TPSA) is 58.6 Å². The van der Waals surface area contributed by atoms with E-state index in [9.17, 15) is 9.59 Å². The standard InChI is InChI=1S/C18H24N2O3/c1-2-23-16-10-6-5-9-15(16)19-18(22)13-11-17(21)20(12-13)14-7-3-4-8-14/h5-6,9-10,13-14H,2-4,7-8,11-12H2,1H3,(H,19,22). The van der Waals surface area contributed by atoms with E-state index in [0.29, 0.717) is 37.1 Å². The zero-order valence-corrected chi connectivity index (χ0v) is 13.6. The fraction of sp³-hybridized carbons (Fsp3) is 0.556. The molecule has 1 unspecified atom stereocenters. The summed E-state index contributed by atoms with van der Waals surface area (Å²) in [6, 6.07) is 7.75. The van der Waals surface area contributed by atoms with Gasteiger partial charge >= 0.3 is 0 Å². The molecule has 5 heteroatoms. The molecule has 0 aromatic heterocycles. The molecule has 23 heavy (non-hydrogen) atoms. The van der Waals surface area contributed by atoms with Crippen LogP contribution in [0.1, 0.15) is 39.0 Å². The van der Waals surface area contributed by atoms with Crippen molar-refractivity contribution in [3.63, 3.8) is 0 Å². The minimum absolute atomic E-state index is 0.0917. The van der Waals surface area contributed by atoms with Crippen LogP contribution in [0.4, 0.5) is 5.69 Å². The van der Waals surface area contributed by atoms with Crippen molar-refractivity contribution in [2.24, 2.45) is 5.92 Å². The van der Waals surface area contributed by atoms with Crippen LogP contribution in [0.2, 0.25) is 0 Å². The number of carbonyl (C=O) groups is 2. The summed E-state index contributed by atoms with van der Waals surface area (Å²) >= 11 is 0. The lowest BCUT2D eigenvalue weighted by molar-refractivity contribution is -0.129. The van der Waals surface area contributed by atoms with Gasteiger partial charge in [-0.25, -0.2) is 0 Å². The summed E-state index contributed by atoms with van der Waals surface area (Å²) < 4.78 is 5.53. The average molecular weight is 316 g/mol. The third-order valence-corrected chi connectivity index (χ3v) is 4.74. The Hall–Kier alpha value is -2.04. The SMILES string of the molecule is CCOc1ccccc1NC(=O)C1CC(=O)N(C2CCCC2)C1. The molecule has 2 fully saturated rings. The minimum atomic E-state index is -0.266. The first-order chi connectivity index (χ1) is 11.2. The van der Waals surface area contributed by atoms with Gasteiger partial charge in [0, 0.05) is 19.0 Å². The molecule has 1 heterocycles. The van der Waals surface area contributed by atoms with Gasteiger partial charge in [-0.05, 0) is 31.9 Å². The number of amides is 2. The number of carbonyl (C=O) groups excluding carboxylic acids is 2. The van der Waals surface area contributed by atoms with Crippen molar-refractivity contribution in [3.05, 3.63) is 24.3 Å². The third-order valence-electron chi connectivity index (χ3n) is 4.74. The summed E-state index contributed by atoms with van der Waals surface area (Å²) in [5, 5.41) is 2.93. The molecule has 1 aromatic carbocycles. The predicted molar refractivity (Wildman–Crippen MR) is 88.3 cm³/mol. The number of rotatable bonds is 5. The Morgan fingerprint density at radius 1 is 1.30 bits per heavy atom. The van der Waals surface area contributed by atoms with Gasteiger partial charge < -0.3 is 15.0 Å². The molecule has 0 radical (unpaired) electrons. The molecule has 5 nitrogen and oxygen atoms in total. The predicted octanol–water partition coefficient (Wildman–Crippen LogP) is 2.81. The van der Waals surface area contributed by atoms with Gasteiger partial charge in [0.05, 0.1) is 18.2 Å². The van der Waals surface area contributed by atoms with Gasteiger partial charge in [0.1, 0.15) is 5.75 Å². The number of likely N-dealkylation sites (tertiary alicyclic amines) is 1. The van der Waals surface area contributed by atoms with Crippen molar-refractivity contribution in [2.75, 3.05) is 18.5 Å². The van der Waals surface area contributed by atoms with Crippen LogP contribution in [0.3, 0.4) is 0 Å². The minimum Gasteiger partial charge on any atom is -0.492 e. The zero-order valence-electron chi connectivity index (χ0n) is 13.6. The third kappa shape index (κ3) is 3.49. The maximum absolute atomic E-state index is 12.5. The van der Waals surface area contributed by atoms with E-state index in [1.54, 1.807) is 0 Å².